The molecule has 0 radical (unpaired) electrons. The quantitative estimate of drug-likeness (QED) is 0.00780. The van der Waals surface area contributed by atoms with Crippen LogP contribution in [0.3, 0.4) is 0 Å². The molecular formula is C58H66F8N16O18P2. The van der Waals surface area contributed by atoms with Gasteiger partial charge in [0.05, 0.1) is 58.1 Å². The summed E-state index contributed by atoms with van der Waals surface area (Å²) in [4.78, 5) is 116. The normalized spacial score (nSPS) is 24.8. The van der Waals surface area contributed by atoms with Crippen LogP contribution in [0.25, 0.3) is 22.3 Å². The molecule has 102 heavy (non-hydrogen) atoms. The number of carbonyl (C=O) groups is 7. The van der Waals surface area contributed by atoms with Gasteiger partial charge in [-0.05, 0) is 43.4 Å². The first kappa shape index (κ1) is 75.4. The molecule has 6 aromatic rings. The fraction of sp³-hybridized carbons (Fsp3) is 0.500. The highest BCUT2D eigenvalue weighted by Crippen LogP contribution is 2.57. The minimum absolute atomic E-state index is 0.00443. The molecule has 8 heterocycles. The number of rotatable bonds is 24. The van der Waals surface area contributed by atoms with Gasteiger partial charge in [-0.3, -0.25) is 47.7 Å². The van der Waals surface area contributed by atoms with Crippen molar-refractivity contribution in [2.75, 3.05) is 62.5 Å². The number of hydrogen-bond acceptors (Lipinski definition) is 25. The average molecular weight is 1490 g/mol. The maximum Gasteiger partial charge on any atom is 0.412 e. The molecule has 552 valence electrons. The third-order valence-electron chi connectivity index (χ3n) is 16.7. The summed E-state index contributed by atoms with van der Waals surface area (Å²) in [6.07, 6.45) is -12.3. The van der Waals surface area contributed by atoms with E-state index in [4.69, 9.17) is 48.7 Å². The second kappa shape index (κ2) is 32.8. The number of ether oxygens (including phenoxy) is 6. The molecule has 2 unspecified atom stereocenters. The fourth-order valence-electron chi connectivity index (χ4n) is 11.3. The highest BCUT2D eigenvalue weighted by molar-refractivity contribution is 7.41. The minimum Gasteiger partial charge on any atom is -0.447 e. The van der Waals surface area contributed by atoms with Gasteiger partial charge in [-0.15, -0.1) is 0 Å². The number of hydrogen-bond donors (Lipinski definition) is 7. The van der Waals surface area contributed by atoms with Gasteiger partial charge >= 0.3 is 32.4 Å². The molecule has 0 bridgehead atoms. The number of primary amides is 1. The Bertz CT molecular complexity index is 4150. The van der Waals surface area contributed by atoms with Crippen molar-refractivity contribution in [3.05, 3.63) is 84.2 Å². The molecule has 2 aromatic carbocycles. The number of anilines is 3. The number of urea groups is 1. The van der Waals surface area contributed by atoms with Crippen molar-refractivity contribution in [1.82, 2.24) is 59.9 Å². The van der Waals surface area contributed by atoms with E-state index in [1.54, 1.807) is 13.8 Å². The van der Waals surface area contributed by atoms with Crippen molar-refractivity contribution < 1.29 is 120 Å². The molecule has 4 aliphatic heterocycles. The molecule has 10 rings (SSSR count). The molecule has 0 saturated carbocycles. The highest BCUT2D eigenvalue weighted by atomic mass is 31.1. The Balaban J connectivity index is 0.683. The van der Waals surface area contributed by atoms with Crippen LogP contribution in [0, 0.1) is 35.0 Å². The number of nitrogens with one attached hydrogen (secondary N) is 5. The van der Waals surface area contributed by atoms with Crippen LogP contribution in [-0.4, -0.2) is 192 Å². The molecule has 34 nitrogen and oxygen atoms in total. The lowest BCUT2D eigenvalue weighted by Gasteiger charge is -2.30. The van der Waals surface area contributed by atoms with Gasteiger partial charge in [0.15, 0.2) is 53.2 Å². The molecular weight excluding hydrogens is 1420 g/mol. The Labute approximate surface area is 572 Å². The molecule has 7 amide bonds. The summed E-state index contributed by atoms with van der Waals surface area (Å²) in [6, 6.07) is 1.46. The lowest BCUT2D eigenvalue weighted by molar-refractivity contribution is -0.136. The third kappa shape index (κ3) is 16.9. The molecule has 0 spiro atoms. The van der Waals surface area contributed by atoms with Crippen molar-refractivity contribution in [2.24, 2.45) is 11.7 Å². The number of likely N-dealkylation sites (tertiary alicyclic amines) is 1. The van der Waals surface area contributed by atoms with Crippen LogP contribution < -0.4 is 42.8 Å². The summed E-state index contributed by atoms with van der Waals surface area (Å²) in [5.41, 5.74) is 11.7. The van der Waals surface area contributed by atoms with Crippen LogP contribution in [0.15, 0.2) is 49.6 Å². The Morgan fingerprint density at radius 2 is 1.44 bits per heavy atom. The topological polar surface area (TPSA) is 439 Å². The molecule has 4 aliphatic rings. The lowest BCUT2D eigenvalue weighted by atomic mass is 10.0. The smallest absolute Gasteiger partial charge is 0.412 e. The van der Waals surface area contributed by atoms with E-state index in [1.165, 1.54) is 42.1 Å². The van der Waals surface area contributed by atoms with Crippen molar-refractivity contribution in [3.8, 4) is 5.75 Å². The minimum atomic E-state index is -3.62. The van der Waals surface area contributed by atoms with Crippen LogP contribution in [0.4, 0.5) is 66.8 Å². The molecule has 44 heteroatoms. The van der Waals surface area contributed by atoms with Crippen LogP contribution in [0.5, 0.6) is 5.75 Å². The first-order chi connectivity index (χ1) is 48.6. The number of carbonyl (C=O) groups excluding carboxylic acids is 7. The predicted octanol–water partition coefficient (Wildman–Crippen LogP) is 5.18. The number of nitrogens with zero attached hydrogens (tertiary/aromatic N) is 9. The Hall–Kier alpha value is -9.31. The average Bonchev–Trinajstić information content (AvgIpc) is 1.58. The standard InChI is InChI=1S/C58H66F8N16O18P2/c1-25(2)41(78-33(83)10-13-92-14-11-34(84)99-45-38(63)36(61)35(60)37(62)39(45)64)52(86)77-30(5-4-12-69-55(68)87)51(85)76-28-8-6-26(7-9-28)17-94-57(89)80-16-27(59)15-29(80)18-93-56(88)79-48-43-50(73-22-71-48)81(24-75-43)53-40(65)44-31(97-53)19-95-101(90)58(3)32(20-96-102(91)100-44)98-54(46(58)66)82-23-74-42-47(67)70-21-72-49(42)82/h6-9,21-25,27,29-32,40-41,44,46,53-54,101-102H,4-5,10-20H2,1-3H3,(H,76,85)(H,77,86)(H,78,83)(H2,67,70,72)(H3,68,69,87)(H,71,73,79,88)/t27-,29-,30-,31+,32+,40+,41-,44+,46-,53+,54+,58-/m0/s1. The SMILES string of the molecule is CC(C)[C@H](NC(=O)CCOCCC(=O)Oc1c(F)c(F)c(F)c(F)c1F)C(=O)N[C@@H](CCCNC(N)=O)C(=O)Nc1ccc(COC(=O)N2C[C@@H](F)C[C@H]2COC(=O)Nc2ncnc3c2ncn3[C@@H]2O[C@@H]3CO[PH](=O)[C@@]4(C)[C@@H](CO[PH](=O)O[C@H]3[C@H]2F)O[C@@H](n2cnc3c(N)ncnc32)[C@@H]4F)cc1. The fourth-order valence-corrected chi connectivity index (χ4v) is 13.5. The molecule has 4 aromatic heterocycles. The molecule has 4 saturated heterocycles. The van der Waals surface area contributed by atoms with Crippen LogP contribution in [0.1, 0.15) is 70.9 Å². The van der Waals surface area contributed by atoms with Gasteiger partial charge in [0.2, 0.25) is 60.6 Å². The largest absolute Gasteiger partial charge is 0.447 e. The lowest BCUT2D eigenvalue weighted by Crippen LogP contribution is -2.54. The van der Waals surface area contributed by atoms with E-state index < -0.39 is 217 Å². The number of imidazole rings is 2. The van der Waals surface area contributed by atoms with Gasteiger partial charge in [0.1, 0.15) is 73.1 Å². The number of nitrogen functional groups attached to an aromatic ring is 1. The summed E-state index contributed by atoms with van der Waals surface area (Å²) in [5, 5.41) is 10.6. The van der Waals surface area contributed by atoms with Crippen molar-refractivity contribution in [3.63, 3.8) is 0 Å². The zero-order valence-corrected chi connectivity index (χ0v) is 55.8. The Morgan fingerprint density at radius 1 is 0.775 bits per heavy atom. The van der Waals surface area contributed by atoms with Gasteiger partial charge in [-0.2, -0.15) is 8.78 Å². The number of halogens is 8. The summed E-state index contributed by atoms with van der Waals surface area (Å²) in [6.45, 7) is 0.987. The van der Waals surface area contributed by atoms with E-state index in [9.17, 15) is 69.0 Å². The van der Waals surface area contributed by atoms with E-state index in [0.29, 0.717) is 5.56 Å². The second-order valence-corrected chi connectivity index (χ2v) is 26.9. The zero-order chi connectivity index (χ0) is 73.4. The van der Waals surface area contributed by atoms with E-state index in [0.717, 1.165) is 28.4 Å². The summed E-state index contributed by atoms with van der Waals surface area (Å²) < 4.78 is 195. The summed E-state index contributed by atoms with van der Waals surface area (Å²) in [7, 11) is -7.14. The molecule has 0 aliphatic carbocycles. The third-order valence-corrected chi connectivity index (χ3v) is 19.5. The van der Waals surface area contributed by atoms with Gasteiger partial charge < -0.3 is 74.7 Å². The zero-order valence-electron chi connectivity index (χ0n) is 53.8. The van der Waals surface area contributed by atoms with Crippen molar-refractivity contribution >= 4 is 97.8 Å². The number of nitrogens with two attached hydrogens (primary N) is 2. The monoisotopic (exact) mass is 1490 g/mol. The van der Waals surface area contributed by atoms with E-state index in [2.05, 4.69) is 61.2 Å². The van der Waals surface area contributed by atoms with Gasteiger partial charge in [-0.1, -0.05) is 26.0 Å². The number of benzene rings is 2. The first-order valence-corrected chi connectivity index (χ1v) is 33.7. The van der Waals surface area contributed by atoms with Crippen molar-refractivity contribution in [2.45, 2.75) is 132 Å². The number of esters is 1. The molecule has 9 N–H and O–H groups in total. The van der Waals surface area contributed by atoms with E-state index in [-0.39, 0.29) is 78.7 Å². The summed E-state index contributed by atoms with van der Waals surface area (Å²) >= 11 is 0. The van der Waals surface area contributed by atoms with E-state index >= 15 is 8.78 Å². The second-order valence-electron chi connectivity index (χ2n) is 24.0. The van der Waals surface area contributed by atoms with Gasteiger partial charge in [0, 0.05) is 25.1 Å². The van der Waals surface area contributed by atoms with Crippen LogP contribution in [0.2, 0.25) is 0 Å². The van der Waals surface area contributed by atoms with E-state index in [1.807, 2.05) is 0 Å². The number of fused-ring (bicyclic) bond motifs is 4. The van der Waals surface area contributed by atoms with Crippen molar-refractivity contribution in [1.29, 1.82) is 0 Å². The highest BCUT2D eigenvalue weighted by Gasteiger charge is 2.61. The number of amides is 7. The first-order valence-electron chi connectivity index (χ1n) is 31.2. The number of aromatic nitrogens is 8. The maximum absolute atomic E-state index is 16.7. The molecule has 14 atom stereocenters. The molecule has 4 fully saturated rings. The Morgan fingerprint density at radius 3 is 2.15 bits per heavy atom. The maximum atomic E-state index is 16.7. The Kier molecular flexibility index (Phi) is 24.2. The summed E-state index contributed by atoms with van der Waals surface area (Å²) in [5.74, 6) is -18.1. The van der Waals surface area contributed by atoms with Crippen LogP contribution in [-0.2, 0) is 72.2 Å². The van der Waals surface area contributed by atoms with Gasteiger partial charge in [0.25, 0.3) is 0 Å². The predicted molar refractivity (Wildman–Crippen MR) is 334 cm³/mol. The van der Waals surface area contributed by atoms with Crippen LogP contribution >= 0.6 is 16.3 Å². The number of alkyl halides is 3. The van der Waals surface area contributed by atoms with Gasteiger partial charge in [-0.25, -0.2) is 70.6 Å².